The van der Waals surface area contributed by atoms with Crippen molar-refractivity contribution < 1.29 is 8.83 Å². The van der Waals surface area contributed by atoms with Crippen molar-refractivity contribution in [2.45, 2.75) is 6.42 Å². The van der Waals surface area contributed by atoms with Crippen LogP contribution in [0.15, 0.2) is 373 Å². The van der Waals surface area contributed by atoms with Crippen molar-refractivity contribution in [3.63, 3.8) is 0 Å². The Morgan fingerprint density at radius 1 is 0.248 bits per heavy atom. The van der Waals surface area contributed by atoms with Crippen molar-refractivity contribution in [2.24, 2.45) is 0 Å². The van der Waals surface area contributed by atoms with Gasteiger partial charge in [0.15, 0.2) is 46.1 Å². The number of hydrogen-bond donors (Lipinski definition) is 0. The lowest BCUT2D eigenvalue weighted by Crippen LogP contribution is -2.02. The Morgan fingerprint density at radius 3 is 1.22 bits per heavy atom. The quantitative estimate of drug-likeness (QED) is 0.155. The van der Waals surface area contributed by atoms with Crippen LogP contribution in [0.3, 0.4) is 0 Å². The normalized spacial score (nSPS) is 11.9. The van der Waals surface area contributed by atoms with E-state index in [1.165, 1.54) is 65.3 Å². The zero-order valence-electron chi connectivity index (χ0n) is 60.7. The highest BCUT2D eigenvalue weighted by Crippen LogP contribution is 2.50. The number of rotatable bonds is 7. The Bertz CT molecular complexity index is 7820. The Morgan fingerprint density at radius 2 is 0.646 bits per heavy atom. The third kappa shape index (κ3) is 11.1. The summed E-state index contributed by atoms with van der Waals surface area (Å²) in [5.74, 6) is 3.60. The topological polar surface area (TPSA) is 109 Å². The van der Waals surface area contributed by atoms with Gasteiger partial charge in [-0.15, -0.1) is 0 Å². The third-order valence-corrected chi connectivity index (χ3v) is 22.6. The largest absolute Gasteiger partial charge is 0.454 e. The van der Waals surface area contributed by atoms with Crippen molar-refractivity contribution in [3.05, 3.63) is 380 Å². The van der Waals surface area contributed by atoms with Crippen LogP contribution >= 0.6 is 11.6 Å². The summed E-state index contributed by atoms with van der Waals surface area (Å²) in [5, 5.41) is 20.4. The Labute approximate surface area is 652 Å². The minimum absolute atomic E-state index is 0.571. The molecule has 0 amide bonds. The smallest absolute Gasteiger partial charge is 0.165 e. The van der Waals surface area contributed by atoms with Gasteiger partial charge in [-0.05, 0) is 131 Å². The number of hydrogen-bond acceptors (Lipinski definition) is 8. The van der Waals surface area contributed by atoms with Crippen molar-refractivity contribution in [1.82, 2.24) is 34.5 Å². The first-order chi connectivity index (χ1) is 55.9. The minimum atomic E-state index is 0.571. The van der Waals surface area contributed by atoms with Crippen molar-refractivity contribution in [3.8, 4) is 85.1 Å². The fourth-order valence-electron chi connectivity index (χ4n) is 17.0. The van der Waals surface area contributed by atoms with Crippen LogP contribution < -0.4 is 0 Å². The molecule has 0 atom stereocenters. The minimum Gasteiger partial charge on any atom is -0.454 e. The number of benzene rings is 18. The first-order valence-corrected chi connectivity index (χ1v) is 38.3. The molecule has 0 N–H and O–H groups in total. The molecule has 24 rings (SSSR count). The standard InChI is InChI=1S/C51H30N4O.C35H20ClN3O.C17H12/c1-2-15-32(16-3-1)49-52-50(36-27-26-31-14-4-5-17-33(31)28-36)54-51(53-49)46-38-21-8-9-22-39(38)47(48-45(46)40-23-11-13-25-44(40)56-48)55-42-24-12-10-20-37(42)41-29-34-18-6-7-19-35(34)30-43(41)55;36-31-26-15-7-6-14-25(26)30(29-27-16-8-9-17-28(27)40-32(29)31)35-38-33(22-11-2-1-3-12-22)37-34(39-35)24-19-18-21-10-4-5-13-23(21)20-24;1-2-6-13-11-17-15(9-12(13)5-1)10-14-7-3-4-8-16(14)17/h1-30H;1-20H;1-9,11H,10H2. The maximum atomic E-state index is 7.05. The van der Waals surface area contributed by atoms with Crippen molar-refractivity contribution >= 4 is 142 Å². The van der Waals surface area contributed by atoms with Crippen LogP contribution in [0.2, 0.25) is 5.02 Å². The summed E-state index contributed by atoms with van der Waals surface area (Å²) in [4.78, 5) is 30.9. The molecule has 23 aromatic rings. The highest BCUT2D eigenvalue weighted by molar-refractivity contribution is 6.43. The van der Waals surface area contributed by atoms with E-state index in [2.05, 4.69) is 265 Å². The van der Waals surface area contributed by atoms with Gasteiger partial charge in [0.1, 0.15) is 11.2 Å². The molecule has 0 fully saturated rings. The predicted molar refractivity (Wildman–Crippen MR) is 466 cm³/mol. The molecule has 5 heterocycles. The zero-order chi connectivity index (χ0) is 74.6. The molecule has 113 heavy (non-hydrogen) atoms. The molecule has 0 unspecified atom stereocenters. The van der Waals surface area contributed by atoms with E-state index in [1.807, 2.05) is 103 Å². The molecule has 1 aliphatic rings. The van der Waals surface area contributed by atoms with E-state index in [1.54, 1.807) is 0 Å². The van der Waals surface area contributed by atoms with Crippen LogP contribution in [-0.4, -0.2) is 34.5 Å². The highest BCUT2D eigenvalue weighted by atomic mass is 35.5. The van der Waals surface area contributed by atoms with E-state index in [4.69, 9.17) is 50.3 Å². The maximum Gasteiger partial charge on any atom is 0.165 e. The molecule has 18 aromatic carbocycles. The van der Waals surface area contributed by atoms with E-state index in [0.29, 0.717) is 45.6 Å². The maximum absolute atomic E-state index is 7.05. The van der Waals surface area contributed by atoms with Crippen LogP contribution in [0.1, 0.15) is 11.1 Å². The number of halogens is 1. The molecule has 9 nitrogen and oxygen atoms in total. The second-order valence-corrected chi connectivity index (χ2v) is 29.2. The second-order valence-electron chi connectivity index (χ2n) is 28.8. The molecular formula is C103H62ClN7O2. The van der Waals surface area contributed by atoms with Crippen LogP contribution in [0.5, 0.6) is 0 Å². The SMILES string of the molecule is Clc1c2ccccc2c(-c2nc(-c3ccccc3)nc(-c3ccc4ccccc4c3)n2)c2c1oc1ccccc12.c1ccc(-c2nc(-c3ccc4ccccc4c3)nc(-c3c4ccccc4c(-n4c5ccccc5c5cc6ccccc6cc54)c4oc5ccccc5c34)n2)cc1.c1ccc2c(c1)Cc1cc3ccccc3cc1-2. The lowest BCUT2D eigenvalue weighted by molar-refractivity contribution is 0.667. The number of para-hydroxylation sites is 3. The van der Waals surface area contributed by atoms with E-state index < -0.39 is 0 Å². The van der Waals surface area contributed by atoms with E-state index >= 15 is 0 Å². The fraction of sp³-hybridized carbons (Fsp3) is 0.00971. The summed E-state index contributed by atoms with van der Waals surface area (Å²) in [5.41, 5.74) is 17.4. The first-order valence-electron chi connectivity index (χ1n) is 37.9. The average Bonchev–Trinajstić information content (AvgIpc) is 1.56. The van der Waals surface area contributed by atoms with Gasteiger partial charge in [-0.1, -0.05) is 327 Å². The highest BCUT2D eigenvalue weighted by Gasteiger charge is 2.29. The van der Waals surface area contributed by atoms with E-state index in [9.17, 15) is 0 Å². The molecule has 1 aliphatic carbocycles. The summed E-state index contributed by atoms with van der Waals surface area (Å²) in [6.45, 7) is 0. The third-order valence-electron chi connectivity index (χ3n) is 22.2. The van der Waals surface area contributed by atoms with Gasteiger partial charge < -0.3 is 13.4 Å². The Hall–Kier alpha value is -14.8. The van der Waals surface area contributed by atoms with Crippen molar-refractivity contribution in [1.29, 1.82) is 0 Å². The number of fused-ring (bicyclic) bond motifs is 18. The number of nitrogens with zero attached hydrogens (tertiary/aromatic N) is 7. The van der Waals surface area contributed by atoms with Gasteiger partial charge in [-0.2, -0.15) is 0 Å². The Kier molecular flexibility index (Phi) is 15.5. The van der Waals surface area contributed by atoms with Gasteiger partial charge in [-0.25, -0.2) is 29.9 Å². The lowest BCUT2D eigenvalue weighted by atomic mass is 9.95. The summed E-state index contributed by atoms with van der Waals surface area (Å²) in [7, 11) is 0. The van der Waals surface area contributed by atoms with Crippen LogP contribution in [0, 0.1) is 0 Å². The van der Waals surface area contributed by atoms with E-state index in [0.717, 1.165) is 127 Å². The lowest BCUT2D eigenvalue weighted by Gasteiger charge is -2.17. The number of aromatic nitrogens is 7. The van der Waals surface area contributed by atoms with Crippen molar-refractivity contribution in [2.75, 3.05) is 0 Å². The van der Waals surface area contributed by atoms with Crippen LogP contribution in [0.4, 0.5) is 0 Å². The van der Waals surface area contributed by atoms with Crippen LogP contribution in [-0.2, 0) is 6.42 Å². The van der Waals surface area contributed by atoms with Crippen LogP contribution in [0.25, 0.3) is 215 Å². The molecule has 0 saturated heterocycles. The summed E-state index contributed by atoms with van der Waals surface area (Å²) < 4.78 is 15.8. The van der Waals surface area contributed by atoms with Gasteiger partial charge in [0, 0.05) is 76.5 Å². The summed E-state index contributed by atoms with van der Waals surface area (Å²) in [6.07, 6.45) is 1.08. The van der Waals surface area contributed by atoms with Gasteiger partial charge in [0.2, 0.25) is 0 Å². The molecule has 0 aliphatic heterocycles. The molecule has 5 aromatic heterocycles. The fourth-order valence-corrected chi connectivity index (χ4v) is 17.3. The molecular weight excluding hydrogens is 1400 g/mol. The first kappa shape index (κ1) is 65.3. The molecule has 0 saturated carbocycles. The summed E-state index contributed by atoms with van der Waals surface area (Å²) >= 11 is 6.97. The average molecular weight is 1470 g/mol. The molecule has 10 heteroatoms. The number of furan rings is 2. The summed E-state index contributed by atoms with van der Waals surface area (Å²) in [6, 6.07) is 126. The molecule has 0 radical (unpaired) electrons. The predicted octanol–water partition coefficient (Wildman–Crippen LogP) is 27.5. The zero-order valence-corrected chi connectivity index (χ0v) is 61.4. The van der Waals surface area contributed by atoms with Gasteiger partial charge >= 0.3 is 0 Å². The molecule has 0 spiro atoms. The molecule has 0 bridgehead atoms. The van der Waals surface area contributed by atoms with Gasteiger partial charge in [-0.3, -0.25) is 0 Å². The van der Waals surface area contributed by atoms with E-state index in [-0.39, 0.29) is 0 Å². The van der Waals surface area contributed by atoms with Gasteiger partial charge in [0.05, 0.1) is 21.7 Å². The second kappa shape index (κ2) is 26.8. The van der Waals surface area contributed by atoms with Gasteiger partial charge in [0.25, 0.3) is 0 Å². The Balaban J connectivity index is 0.000000118. The monoisotopic (exact) mass is 1460 g/mol. The molecule has 528 valence electrons.